The summed E-state index contributed by atoms with van der Waals surface area (Å²) in [7, 11) is 0. The fraction of sp³-hybridized carbons (Fsp3) is 0.0909. The number of pyridine rings is 1. The highest BCUT2D eigenvalue weighted by Crippen LogP contribution is 1.73. The molecule has 0 aliphatic carbocycles. The molecule has 0 fully saturated rings. The summed E-state index contributed by atoms with van der Waals surface area (Å²) >= 11 is 4.64. The number of nitrogens with zero attached hydrogens (tertiary/aromatic N) is 1. The van der Waals surface area contributed by atoms with Crippen LogP contribution in [0.25, 0.3) is 0 Å². The molecule has 0 atom stereocenters. The van der Waals surface area contributed by atoms with Gasteiger partial charge in [-0.25, -0.2) is 0 Å². The summed E-state index contributed by atoms with van der Waals surface area (Å²) in [6, 6.07) is 9.60. The number of aromatic nitrogens is 2. The van der Waals surface area contributed by atoms with Gasteiger partial charge in [0.15, 0.2) is 0 Å². The van der Waals surface area contributed by atoms with Crippen LogP contribution < -0.4 is 0 Å². The van der Waals surface area contributed by atoms with Crippen molar-refractivity contribution in [1.82, 2.24) is 9.97 Å². The zero-order valence-electron chi connectivity index (χ0n) is 8.43. The van der Waals surface area contributed by atoms with Gasteiger partial charge in [-0.15, -0.1) is 0 Å². The lowest BCUT2D eigenvalue weighted by Gasteiger charge is -1.70. The minimum atomic E-state index is -0.361. The molecule has 0 saturated carbocycles. The van der Waals surface area contributed by atoms with E-state index in [1.165, 1.54) is 6.92 Å². The smallest absolute Gasteiger partial charge is 0.218 e. The van der Waals surface area contributed by atoms with Crippen molar-refractivity contribution in [2.24, 2.45) is 0 Å². The number of carbonyl (C=O) groups excluding carboxylic acids is 1. The molecule has 0 amide bonds. The molecule has 2 aromatic heterocycles. The van der Waals surface area contributed by atoms with Crippen LogP contribution in [0.5, 0.6) is 0 Å². The largest absolute Gasteiger partial charge is 0.368 e. The molecule has 2 aromatic rings. The Morgan fingerprint density at radius 2 is 1.53 bits per heavy atom. The van der Waals surface area contributed by atoms with Crippen LogP contribution in [0.15, 0.2) is 55.1 Å². The molecule has 1 N–H and O–H groups in total. The third kappa shape index (κ3) is 15.2. The van der Waals surface area contributed by atoms with Crippen molar-refractivity contribution in [3.63, 3.8) is 0 Å². The Morgan fingerprint density at radius 3 is 1.67 bits per heavy atom. The fourth-order valence-electron chi connectivity index (χ4n) is 0.590. The van der Waals surface area contributed by atoms with Gasteiger partial charge in [-0.05, 0) is 35.9 Å². The Morgan fingerprint density at radius 1 is 1.07 bits per heavy atom. The second-order valence-electron chi connectivity index (χ2n) is 2.38. The van der Waals surface area contributed by atoms with Crippen LogP contribution in [0.1, 0.15) is 6.92 Å². The molecule has 0 aromatic carbocycles. The summed E-state index contributed by atoms with van der Waals surface area (Å²) < 4.78 is 0. The fourth-order valence-corrected chi connectivity index (χ4v) is 0.590. The maximum atomic E-state index is 9.21. The summed E-state index contributed by atoms with van der Waals surface area (Å²) in [5, 5.41) is -0.361. The van der Waals surface area contributed by atoms with E-state index in [1.54, 1.807) is 12.4 Å². The van der Waals surface area contributed by atoms with E-state index < -0.39 is 0 Å². The lowest BCUT2D eigenvalue weighted by Crippen LogP contribution is -1.62. The molecular weight excluding hydrogens is 212 g/mol. The molecule has 0 saturated heterocycles. The lowest BCUT2D eigenvalue weighted by molar-refractivity contribution is -0.109. The van der Waals surface area contributed by atoms with E-state index in [4.69, 9.17) is 0 Å². The second kappa shape index (κ2) is 10.5. The molecule has 0 aliphatic rings. The summed E-state index contributed by atoms with van der Waals surface area (Å²) in [6.45, 7) is 1.29. The Labute approximate surface area is 94.1 Å². The molecule has 3 nitrogen and oxygen atoms in total. The molecule has 0 unspecified atom stereocenters. The van der Waals surface area contributed by atoms with E-state index in [0.29, 0.717) is 0 Å². The van der Waals surface area contributed by atoms with Gasteiger partial charge in [-0.2, -0.15) is 0 Å². The molecule has 4 heteroatoms. The molecule has 0 aliphatic heterocycles. The van der Waals surface area contributed by atoms with Gasteiger partial charge >= 0.3 is 0 Å². The van der Waals surface area contributed by atoms with E-state index in [2.05, 4.69) is 21.6 Å². The predicted octanol–water partition coefficient (Wildman–Crippen LogP) is 2.87. The molecule has 0 radical (unpaired) electrons. The molecule has 2 rings (SSSR count). The molecule has 80 valence electrons. The normalized spacial score (nSPS) is 7.60. The topological polar surface area (TPSA) is 45.8 Å². The number of nitrogens with one attached hydrogen (secondary N) is 1. The summed E-state index contributed by atoms with van der Waals surface area (Å²) in [4.78, 5) is 15.9. The molecule has 15 heavy (non-hydrogen) atoms. The van der Waals surface area contributed by atoms with E-state index in [-0.39, 0.29) is 5.24 Å². The van der Waals surface area contributed by atoms with Crippen LogP contribution in [0.2, 0.25) is 0 Å². The molecule has 2 heterocycles. The van der Waals surface area contributed by atoms with Gasteiger partial charge in [0, 0.05) is 31.7 Å². The number of hydrogen-bond donors (Lipinski definition) is 1. The van der Waals surface area contributed by atoms with Gasteiger partial charge in [0.1, 0.15) is 0 Å². The third-order valence-corrected chi connectivity index (χ3v) is 1.06. The highest BCUT2D eigenvalue weighted by molar-refractivity contribution is 6.62. The van der Waals surface area contributed by atoms with E-state index in [0.717, 1.165) is 0 Å². The van der Waals surface area contributed by atoms with E-state index in [1.807, 2.05) is 42.7 Å². The van der Waals surface area contributed by atoms with Crippen molar-refractivity contribution < 1.29 is 4.79 Å². The Balaban J connectivity index is 0.000000202. The minimum Gasteiger partial charge on any atom is -0.368 e. The summed E-state index contributed by atoms with van der Waals surface area (Å²) in [5.74, 6) is 0. The van der Waals surface area contributed by atoms with Gasteiger partial charge in [-0.1, -0.05) is 6.07 Å². The average Bonchev–Trinajstić information content (AvgIpc) is 2.77. The van der Waals surface area contributed by atoms with Gasteiger partial charge in [-0.3, -0.25) is 9.78 Å². The lowest BCUT2D eigenvalue weighted by atomic mass is 10.5. The first-order valence-corrected chi connectivity index (χ1v) is 4.70. The van der Waals surface area contributed by atoms with Crippen molar-refractivity contribution in [1.29, 1.82) is 0 Å². The van der Waals surface area contributed by atoms with Crippen LogP contribution in [-0.2, 0) is 4.79 Å². The predicted molar refractivity (Wildman–Crippen MR) is 61.6 cm³/mol. The number of carbonyl (C=O) groups is 1. The molecule has 0 bridgehead atoms. The highest BCUT2D eigenvalue weighted by atomic mass is 35.5. The number of rotatable bonds is 0. The Bertz CT molecular complexity index is 274. The first kappa shape index (κ1) is 13.4. The third-order valence-electron chi connectivity index (χ3n) is 1.06. The molecular formula is C11H13ClN2O. The van der Waals surface area contributed by atoms with Crippen LogP contribution in [0.4, 0.5) is 0 Å². The highest BCUT2D eigenvalue weighted by Gasteiger charge is 1.67. The first-order valence-electron chi connectivity index (χ1n) is 4.32. The molecule has 0 spiro atoms. The van der Waals surface area contributed by atoms with Crippen LogP contribution in [0, 0.1) is 0 Å². The number of aromatic amines is 1. The van der Waals surface area contributed by atoms with Crippen LogP contribution in [0.3, 0.4) is 0 Å². The Kier molecular flexibility index (Phi) is 9.35. The van der Waals surface area contributed by atoms with Gasteiger partial charge < -0.3 is 4.98 Å². The van der Waals surface area contributed by atoms with Crippen molar-refractivity contribution in [2.45, 2.75) is 6.92 Å². The van der Waals surface area contributed by atoms with Crippen molar-refractivity contribution >= 4 is 16.8 Å². The van der Waals surface area contributed by atoms with Crippen LogP contribution in [-0.4, -0.2) is 15.2 Å². The van der Waals surface area contributed by atoms with Gasteiger partial charge in [0.05, 0.1) is 0 Å². The number of H-pyrrole nitrogens is 1. The monoisotopic (exact) mass is 224 g/mol. The number of hydrogen-bond acceptors (Lipinski definition) is 2. The quantitative estimate of drug-likeness (QED) is 0.700. The number of halogens is 1. The van der Waals surface area contributed by atoms with E-state index >= 15 is 0 Å². The summed E-state index contributed by atoms with van der Waals surface area (Å²) in [5.41, 5.74) is 0. The van der Waals surface area contributed by atoms with E-state index in [9.17, 15) is 4.79 Å². The van der Waals surface area contributed by atoms with Crippen molar-refractivity contribution in [3.8, 4) is 0 Å². The maximum absolute atomic E-state index is 9.21. The van der Waals surface area contributed by atoms with Crippen LogP contribution >= 0.6 is 11.6 Å². The average molecular weight is 225 g/mol. The van der Waals surface area contributed by atoms with Crippen molar-refractivity contribution in [3.05, 3.63) is 55.1 Å². The summed E-state index contributed by atoms with van der Waals surface area (Å²) in [6.07, 6.45) is 7.25. The first-order chi connectivity index (χ1) is 7.23. The SMILES string of the molecule is CC(=O)Cl.c1cc[nH]c1.c1ccncc1. The zero-order chi connectivity index (χ0) is 11.4. The maximum Gasteiger partial charge on any atom is 0.218 e. The minimum absolute atomic E-state index is 0.361. The standard InChI is InChI=1S/C5H5N.C4H5N.C2H3ClO/c1-2-4-6-5-3-1;1-2-4-5-3-1;1-2(3)4/h1-5H;1-5H;1H3. The second-order valence-corrected chi connectivity index (χ2v) is 2.91. The van der Waals surface area contributed by atoms with Gasteiger partial charge in [0.25, 0.3) is 0 Å². The zero-order valence-corrected chi connectivity index (χ0v) is 9.19. The van der Waals surface area contributed by atoms with Gasteiger partial charge in [0.2, 0.25) is 5.24 Å². The Hall–Kier alpha value is -1.61. The van der Waals surface area contributed by atoms with Crippen molar-refractivity contribution in [2.75, 3.05) is 0 Å².